The van der Waals surface area contributed by atoms with Gasteiger partial charge in [-0.25, -0.2) is 5.43 Å². The number of nitrogens with zero attached hydrogens (tertiary/aromatic N) is 1. The van der Waals surface area contributed by atoms with E-state index in [0.717, 1.165) is 11.1 Å². The largest absolute Gasteiger partial charge is 0.507 e. The predicted octanol–water partition coefficient (Wildman–Crippen LogP) is 3.40. The van der Waals surface area contributed by atoms with Crippen molar-refractivity contribution in [2.24, 2.45) is 5.10 Å². The molecule has 27 heavy (non-hydrogen) atoms. The summed E-state index contributed by atoms with van der Waals surface area (Å²) in [5.74, 6) is 1.01. The Labute approximate surface area is 159 Å². The second kappa shape index (κ2) is 8.58. The van der Waals surface area contributed by atoms with Crippen LogP contribution in [0.15, 0.2) is 41.5 Å². The van der Waals surface area contributed by atoms with Gasteiger partial charge in [0.25, 0.3) is 0 Å². The molecule has 144 valence electrons. The molecule has 2 aromatic carbocycles. The van der Waals surface area contributed by atoms with Gasteiger partial charge in [-0.3, -0.25) is 4.79 Å². The molecule has 6 nitrogen and oxygen atoms in total. The van der Waals surface area contributed by atoms with Crippen LogP contribution in [0.4, 0.5) is 0 Å². The second-order valence-electron chi connectivity index (χ2n) is 7.18. The van der Waals surface area contributed by atoms with Crippen molar-refractivity contribution in [1.82, 2.24) is 5.43 Å². The number of phenols is 1. The molecule has 1 amide bonds. The maximum atomic E-state index is 12.1. The van der Waals surface area contributed by atoms with Crippen LogP contribution in [0.1, 0.15) is 37.5 Å². The molecule has 6 heteroatoms. The van der Waals surface area contributed by atoms with Crippen LogP contribution in [-0.2, 0) is 16.6 Å². The molecule has 2 aromatic rings. The Morgan fingerprint density at radius 3 is 2.44 bits per heavy atom. The number of ether oxygens (including phenoxy) is 2. The Bertz CT molecular complexity index is 839. The first-order chi connectivity index (χ1) is 12.7. The molecule has 0 spiro atoms. The van der Waals surface area contributed by atoms with E-state index in [0.29, 0.717) is 17.1 Å². The summed E-state index contributed by atoms with van der Waals surface area (Å²) in [5, 5.41) is 13.9. The third-order valence-corrected chi connectivity index (χ3v) is 4.10. The van der Waals surface area contributed by atoms with Crippen molar-refractivity contribution in [1.29, 1.82) is 0 Å². The molecule has 0 unspecified atom stereocenters. The monoisotopic (exact) mass is 370 g/mol. The minimum Gasteiger partial charge on any atom is -0.507 e. The van der Waals surface area contributed by atoms with Crippen molar-refractivity contribution in [3.8, 4) is 17.2 Å². The lowest BCUT2D eigenvalue weighted by molar-refractivity contribution is -0.120. The summed E-state index contributed by atoms with van der Waals surface area (Å²) in [6.45, 7) is 6.27. The van der Waals surface area contributed by atoms with Gasteiger partial charge in [-0.1, -0.05) is 32.9 Å². The first-order valence-corrected chi connectivity index (χ1v) is 8.61. The van der Waals surface area contributed by atoms with Crippen molar-refractivity contribution in [3.63, 3.8) is 0 Å². The first-order valence-electron chi connectivity index (χ1n) is 8.61. The highest BCUT2D eigenvalue weighted by atomic mass is 16.5. The highest BCUT2D eigenvalue weighted by Crippen LogP contribution is 2.28. The number of carbonyl (C=O) groups excluding carboxylic acids is 1. The van der Waals surface area contributed by atoms with Gasteiger partial charge >= 0.3 is 0 Å². The van der Waals surface area contributed by atoms with E-state index >= 15 is 0 Å². The van der Waals surface area contributed by atoms with Gasteiger partial charge < -0.3 is 14.6 Å². The lowest BCUT2D eigenvalue weighted by Crippen LogP contribution is -2.20. The van der Waals surface area contributed by atoms with Gasteiger partial charge in [0, 0.05) is 5.56 Å². The van der Waals surface area contributed by atoms with Gasteiger partial charge in [0.1, 0.15) is 5.75 Å². The topological polar surface area (TPSA) is 80.2 Å². The molecule has 0 aliphatic carbocycles. The summed E-state index contributed by atoms with van der Waals surface area (Å²) in [5.41, 5.74) is 4.82. The zero-order valence-electron chi connectivity index (χ0n) is 16.4. The average Bonchev–Trinajstić information content (AvgIpc) is 2.62. The number of nitrogens with one attached hydrogen (secondary N) is 1. The van der Waals surface area contributed by atoms with Crippen LogP contribution < -0.4 is 14.9 Å². The van der Waals surface area contributed by atoms with Crippen LogP contribution >= 0.6 is 0 Å². The van der Waals surface area contributed by atoms with Crippen molar-refractivity contribution < 1.29 is 19.4 Å². The number of rotatable bonds is 6. The molecule has 0 fully saturated rings. The Balaban J connectivity index is 2.03. The average molecular weight is 370 g/mol. The lowest BCUT2D eigenvalue weighted by Gasteiger charge is -2.19. The van der Waals surface area contributed by atoms with Crippen molar-refractivity contribution in [2.75, 3.05) is 14.2 Å². The molecule has 0 atom stereocenters. The van der Waals surface area contributed by atoms with Gasteiger partial charge in [0.15, 0.2) is 11.5 Å². The maximum Gasteiger partial charge on any atom is 0.244 e. The fourth-order valence-corrected chi connectivity index (χ4v) is 2.51. The fourth-order valence-electron chi connectivity index (χ4n) is 2.51. The predicted molar refractivity (Wildman–Crippen MR) is 106 cm³/mol. The minimum absolute atomic E-state index is 0.0487. The molecular weight excluding hydrogens is 344 g/mol. The molecule has 2 rings (SSSR count). The number of phenolic OH excluding ortho intramolecular Hbond substituents is 1. The van der Waals surface area contributed by atoms with E-state index in [1.54, 1.807) is 38.5 Å². The van der Waals surface area contributed by atoms with E-state index in [9.17, 15) is 9.90 Å². The zero-order valence-corrected chi connectivity index (χ0v) is 16.4. The fraction of sp³-hybridized carbons (Fsp3) is 0.333. The minimum atomic E-state index is -0.273. The summed E-state index contributed by atoms with van der Waals surface area (Å²) in [7, 11) is 3.10. The third-order valence-electron chi connectivity index (χ3n) is 4.10. The molecule has 0 bridgehead atoms. The lowest BCUT2D eigenvalue weighted by atomic mass is 9.86. The number of aromatic hydroxyl groups is 1. The molecule has 0 saturated carbocycles. The van der Waals surface area contributed by atoms with E-state index in [2.05, 4.69) is 31.3 Å². The highest BCUT2D eigenvalue weighted by molar-refractivity contribution is 5.86. The molecule has 0 radical (unpaired) electrons. The van der Waals surface area contributed by atoms with E-state index in [1.165, 1.54) is 6.21 Å². The number of methoxy groups -OCH3 is 2. The van der Waals surface area contributed by atoms with Crippen LogP contribution in [0.5, 0.6) is 17.2 Å². The maximum absolute atomic E-state index is 12.1. The van der Waals surface area contributed by atoms with Crippen LogP contribution in [-0.4, -0.2) is 31.4 Å². The van der Waals surface area contributed by atoms with Crippen LogP contribution in [0.3, 0.4) is 0 Å². The Kier molecular flexibility index (Phi) is 6.45. The smallest absolute Gasteiger partial charge is 0.244 e. The van der Waals surface area contributed by atoms with Crippen molar-refractivity contribution >= 4 is 12.1 Å². The number of hydrazone groups is 1. The van der Waals surface area contributed by atoms with E-state index in [-0.39, 0.29) is 23.5 Å². The zero-order chi connectivity index (χ0) is 20.0. The standard InChI is InChI=1S/C21H26N2O4/c1-21(2,3)16-7-8-17(24)15(12-16)13-22-23-20(25)11-14-6-9-18(26-4)19(10-14)27-5/h6-10,12-13,24H,11H2,1-5H3,(H,23,25)/b22-13+. The van der Waals surface area contributed by atoms with E-state index in [4.69, 9.17) is 9.47 Å². The quantitative estimate of drug-likeness (QED) is 0.603. The molecule has 2 N–H and O–H groups in total. The summed E-state index contributed by atoms with van der Waals surface area (Å²) < 4.78 is 10.4. The molecule has 0 heterocycles. The third kappa shape index (κ3) is 5.48. The van der Waals surface area contributed by atoms with Crippen molar-refractivity contribution in [2.45, 2.75) is 32.6 Å². The summed E-state index contributed by atoms with van der Waals surface area (Å²) in [6, 6.07) is 10.7. The number of hydrogen-bond donors (Lipinski definition) is 2. The number of amides is 1. The van der Waals surface area contributed by atoms with Gasteiger partial charge in [0.2, 0.25) is 5.91 Å². The molecule has 0 aromatic heterocycles. The van der Waals surface area contributed by atoms with Crippen LogP contribution in [0, 0.1) is 0 Å². The molecule has 0 aliphatic heterocycles. The van der Waals surface area contributed by atoms with E-state index < -0.39 is 0 Å². The second-order valence-corrected chi connectivity index (χ2v) is 7.18. The van der Waals surface area contributed by atoms with Gasteiger partial charge in [-0.05, 0) is 40.8 Å². The Morgan fingerprint density at radius 1 is 1.11 bits per heavy atom. The van der Waals surface area contributed by atoms with E-state index in [1.807, 2.05) is 12.1 Å². The number of carbonyl (C=O) groups is 1. The first kappa shape index (κ1) is 20.3. The molecular formula is C21H26N2O4. The normalized spacial score (nSPS) is 11.4. The Morgan fingerprint density at radius 2 is 1.81 bits per heavy atom. The SMILES string of the molecule is COc1ccc(CC(=O)N/N=C/c2cc(C(C)(C)C)ccc2O)cc1OC. The van der Waals surface area contributed by atoms with Gasteiger partial charge in [0.05, 0.1) is 26.9 Å². The molecule has 0 saturated heterocycles. The van der Waals surface area contributed by atoms with Gasteiger partial charge in [-0.15, -0.1) is 0 Å². The summed E-state index contributed by atoms with van der Waals surface area (Å²) in [6.07, 6.45) is 1.59. The van der Waals surface area contributed by atoms with Gasteiger partial charge in [-0.2, -0.15) is 5.10 Å². The van der Waals surface area contributed by atoms with Crippen LogP contribution in [0.2, 0.25) is 0 Å². The summed E-state index contributed by atoms with van der Waals surface area (Å²) >= 11 is 0. The number of benzene rings is 2. The number of hydrogen-bond acceptors (Lipinski definition) is 5. The Hall–Kier alpha value is -3.02. The van der Waals surface area contributed by atoms with Crippen molar-refractivity contribution in [3.05, 3.63) is 53.1 Å². The highest BCUT2D eigenvalue weighted by Gasteiger charge is 2.15. The molecule has 0 aliphatic rings. The van der Waals surface area contributed by atoms with Crippen LogP contribution in [0.25, 0.3) is 0 Å². The summed E-state index contributed by atoms with van der Waals surface area (Å²) in [4.78, 5) is 12.1.